The molecule has 2 saturated heterocycles. The number of nitrogens with one attached hydrogen (secondary N) is 1. The molecule has 3 unspecified atom stereocenters. The fourth-order valence-electron chi connectivity index (χ4n) is 2.36. The number of ether oxygens (including phenoxy) is 1. The lowest BCUT2D eigenvalue weighted by molar-refractivity contribution is -0.0198. The highest BCUT2D eigenvalue weighted by molar-refractivity contribution is 4.96. The van der Waals surface area contributed by atoms with Gasteiger partial charge >= 0.3 is 0 Å². The Morgan fingerprint density at radius 2 is 2.38 bits per heavy atom. The second-order valence-corrected chi connectivity index (χ2v) is 4.54. The Morgan fingerprint density at radius 1 is 1.54 bits per heavy atom. The van der Waals surface area contributed by atoms with Gasteiger partial charge in [0.1, 0.15) is 5.60 Å². The molecule has 2 rings (SSSR count). The monoisotopic (exact) mass is 185 g/mol. The number of piperidine rings is 1. The first-order valence-electron chi connectivity index (χ1n) is 5.24. The summed E-state index contributed by atoms with van der Waals surface area (Å²) in [6, 6.07) is 0.249. The molecular weight excluding hydrogens is 166 g/mol. The zero-order valence-corrected chi connectivity index (χ0v) is 8.25. The highest BCUT2D eigenvalue weighted by atomic mass is 16.5. The molecule has 2 N–H and O–H groups in total. The highest BCUT2D eigenvalue weighted by Gasteiger charge is 2.41. The van der Waals surface area contributed by atoms with Gasteiger partial charge in [0, 0.05) is 19.1 Å². The Hall–Kier alpha value is -0.120. The third kappa shape index (κ3) is 1.87. The molecule has 2 aliphatic rings. The summed E-state index contributed by atoms with van der Waals surface area (Å²) < 4.78 is 5.26. The first-order valence-corrected chi connectivity index (χ1v) is 5.24. The summed E-state index contributed by atoms with van der Waals surface area (Å²) in [6.07, 6.45) is 3.10. The van der Waals surface area contributed by atoms with Crippen LogP contribution in [0.4, 0.5) is 0 Å². The number of hydrogen-bond acceptors (Lipinski definition) is 3. The molecule has 0 saturated carbocycles. The van der Waals surface area contributed by atoms with Crippen LogP contribution in [-0.4, -0.2) is 36.5 Å². The van der Waals surface area contributed by atoms with Crippen LogP contribution < -0.4 is 5.32 Å². The minimum absolute atomic E-state index is 0.249. The maximum atomic E-state index is 10.2. The van der Waals surface area contributed by atoms with Crippen molar-refractivity contribution in [3.63, 3.8) is 0 Å². The predicted octanol–water partition coefficient (Wildman–Crippen LogP) is 0.526. The molecular formula is C10H19NO2. The van der Waals surface area contributed by atoms with E-state index in [-0.39, 0.29) is 6.04 Å². The lowest BCUT2D eigenvalue weighted by Gasteiger charge is -2.37. The Labute approximate surface area is 79.5 Å². The summed E-state index contributed by atoms with van der Waals surface area (Å²) in [5, 5.41) is 13.6. The van der Waals surface area contributed by atoms with Gasteiger partial charge in [-0.05, 0) is 25.3 Å². The van der Waals surface area contributed by atoms with Crippen LogP contribution in [0.25, 0.3) is 0 Å². The van der Waals surface area contributed by atoms with E-state index in [9.17, 15) is 5.11 Å². The maximum Gasteiger partial charge on any atom is 0.105 e. The van der Waals surface area contributed by atoms with Crippen molar-refractivity contribution in [1.29, 1.82) is 0 Å². The topological polar surface area (TPSA) is 41.5 Å². The third-order valence-corrected chi connectivity index (χ3v) is 3.35. The van der Waals surface area contributed by atoms with E-state index in [0.717, 1.165) is 25.3 Å². The van der Waals surface area contributed by atoms with Crippen molar-refractivity contribution >= 4 is 0 Å². The van der Waals surface area contributed by atoms with Crippen LogP contribution in [0.15, 0.2) is 0 Å². The summed E-state index contributed by atoms with van der Waals surface area (Å²) >= 11 is 0. The molecule has 0 aromatic carbocycles. The van der Waals surface area contributed by atoms with Crippen LogP contribution in [0.5, 0.6) is 0 Å². The maximum absolute atomic E-state index is 10.2. The van der Waals surface area contributed by atoms with Gasteiger partial charge in [-0.2, -0.15) is 0 Å². The lowest BCUT2D eigenvalue weighted by atomic mass is 9.83. The van der Waals surface area contributed by atoms with Gasteiger partial charge in [0.2, 0.25) is 0 Å². The summed E-state index contributed by atoms with van der Waals surface area (Å²) in [7, 11) is 0. The van der Waals surface area contributed by atoms with Gasteiger partial charge < -0.3 is 15.2 Å². The molecule has 2 aliphatic heterocycles. The van der Waals surface area contributed by atoms with Crippen molar-refractivity contribution in [3.05, 3.63) is 0 Å². The first-order chi connectivity index (χ1) is 6.21. The Bertz CT molecular complexity index is 178. The zero-order chi connectivity index (χ0) is 9.31. The summed E-state index contributed by atoms with van der Waals surface area (Å²) in [5.41, 5.74) is -0.589. The smallest absolute Gasteiger partial charge is 0.105 e. The van der Waals surface area contributed by atoms with Gasteiger partial charge in [0.15, 0.2) is 0 Å². The zero-order valence-electron chi connectivity index (χ0n) is 8.25. The van der Waals surface area contributed by atoms with E-state index in [1.165, 1.54) is 6.42 Å². The fraction of sp³-hybridized carbons (Fsp3) is 1.00. The highest BCUT2D eigenvalue weighted by Crippen LogP contribution is 2.29. The molecule has 0 aliphatic carbocycles. The van der Waals surface area contributed by atoms with Gasteiger partial charge in [-0.3, -0.25) is 0 Å². The van der Waals surface area contributed by atoms with Crippen molar-refractivity contribution in [1.82, 2.24) is 5.32 Å². The standard InChI is InChI=1S/C10H19NO2/c1-8-2-4-11-9(6-8)10(12)3-5-13-7-10/h8-9,11-12H,2-7H2,1H3. The molecule has 0 radical (unpaired) electrons. The van der Waals surface area contributed by atoms with E-state index < -0.39 is 5.60 Å². The molecule has 0 bridgehead atoms. The van der Waals surface area contributed by atoms with E-state index in [0.29, 0.717) is 13.2 Å². The van der Waals surface area contributed by atoms with E-state index in [4.69, 9.17) is 4.74 Å². The molecule has 0 amide bonds. The van der Waals surface area contributed by atoms with E-state index in [2.05, 4.69) is 12.2 Å². The van der Waals surface area contributed by atoms with Gasteiger partial charge in [-0.15, -0.1) is 0 Å². The van der Waals surface area contributed by atoms with Gasteiger partial charge in [-0.1, -0.05) is 6.92 Å². The molecule has 13 heavy (non-hydrogen) atoms. The molecule has 3 nitrogen and oxygen atoms in total. The lowest BCUT2D eigenvalue weighted by Crippen LogP contribution is -2.54. The van der Waals surface area contributed by atoms with Crippen LogP contribution in [0.2, 0.25) is 0 Å². The minimum atomic E-state index is -0.589. The van der Waals surface area contributed by atoms with Crippen LogP contribution >= 0.6 is 0 Å². The summed E-state index contributed by atoms with van der Waals surface area (Å²) in [6.45, 7) is 4.52. The number of aliphatic hydroxyl groups is 1. The predicted molar refractivity (Wildman–Crippen MR) is 50.6 cm³/mol. The van der Waals surface area contributed by atoms with Gasteiger partial charge in [0.05, 0.1) is 6.61 Å². The van der Waals surface area contributed by atoms with E-state index in [1.807, 2.05) is 0 Å². The minimum Gasteiger partial charge on any atom is -0.386 e. The van der Waals surface area contributed by atoms with Crippen molar-refractivity contribution in [2.45, 2.75) is 37.8 Å². The average Bonchev–Trinajstić information content (AvgIpc) is 2.54. The molecule has 0 aromatic heterocycles. The molecule has 3 heteroatoms. The number of hydrogen-bond donors (Lipinski definition) is 2. The van der Waals surface area contributed by atoms with Crippen molar-refractivity contribution in [3.8, 4) is 0 Å². The largest absolute Gasteiger partial charge is 0.386 e. The van der Waals surface area contributed by atoms with E-state index in [1.54, 1.807) is 0 Å². The van der Waals surface area contributed by atoms with Crippen LogP contribution in [0.1, 0.15) is 26.2 Å². The Morgan fingerprint density at radius 3 is 3.00 bits per heavy atom. The molecule has 2 heterocycles. The average molecular weight is 185 g/mol. The second kappa shape index (κ2) is 3.56. The quantitative estimate of drug-likeness (QED) is 0.626. The Balaban J connectivity index is 1.98. The van der Waals surface area contributed by atoms with E-state index >= 15 is 0 Å². The third-order valence-electron chi connectivity index (χ3n) is 3.35. The first kappa shape index (κ1) is 9.44. The second-order valence-electron chi connectivity index (χ2n) is 4.54. The molecule has 2 fully saturated rings. The fourth-order valence-corrected chi connectivity index (χ4v) is 2.36. The molecule has 76 valence electrons. The van der Waals surface area contributed by atoms with Gasteiger partial charge in [-0.25, -0.2) is 0 Å². The summed E-state index contributed by atoms with van der Waals surface area (Å²) in [5.74, 6) is 0.732. The Kier molecular flexibility index (Phi) is 2.58. The van der Waals surface area contributed by atoms with Crippen LogP contribution in [-0.2, 0) is 4.74 Å². The van der Waals surface area contributed by atoms with Crippen LogP contribution in [0.3, 0.4) is 0 Å². The van der Waals surface area contributed by atoms with Crippen molar-refractivity contribution in [2.75, 3.05) is 19.8 Å². The normalized spacial score (nSPS) is 46.6. The van der Waals surface area contributed by atoms with Crippen molar-refractivity contribution in [2.24, 2.45) is 5.92 Å². The number of rotatable bonds is 1. The molecule has 0 spiro atoms. The SMILES string of the molecule is CC1CCNC(C2(O)CCOC2)C1. The molecule has 0 aromatic rings. The van der Waals surface area contributed by atoms with Crippen molar-refractivity contribution < 1.29 is 9.84 Å². The van der Waals surface area contributed by atoms with Crippen LogP contribution in [0, 0.1) is 5.92 Å². The molecule has 3 atom stereocenters. The summed E-state index contributed by atoms with van der Waals surface area (Å²) in [4.78, 5) is 0. The van der Waals surface area contributed by atoms with Gasteiger partial charge in [0.25, 0.3) is 0 Å².